The van der Waals surface area contributed by atoms with Crippen molar-refractivity contribution in [2.45, 2.75) is 12.8 Å². The molecule has 0 N–H and O–H groups in total. The van der Waals surface area contributed by atoms with Gasteiger partial charge in [-0.25, -0.2) is 0 Å². The Bertz CT molecular complexity index is 212. The first kappa shape index (κ1) is 6.71. The Morgan fingerprint density at radius 2 is 2.00 bits per heavy atom. The Morgan fingerprint density at radius 1 is 1.18 bits per heavy atom. The second-order valence-electron chi connectivity index (χ2n) is 2.94. The van der Waals surface area contributed by atoms with Gasteiger partial charge in [0.1, 0.15) is 0 Å². The van der Waals surface area contributed by atoms with E-state index in [0.29, 0.717) is 0 Å². The third-order valence-corrected chi connectivity index (χ3v) is 2.14. The van der Waals surface area contributed by atoms with E-state index in [1.807, 2.05) is 12.1 Å². The molecule has 1 aliphatic rings. The van der Waals surface area contributed by atoms with E-state index in [9.17, 15) is 0 Å². The SMILES string of the molecule is [c]1ccccc1N1CCCC1. The van der Waals surface area contributed by atoms with Crippen LogP contribution < -0.4 is 4.90 Å². The van der Waals surface area contributed by atoms with Crippen molar-refractivity contribution in [3.05, 3.63) is 30.3 Å². The molecule has 11 heavy (non-hydrogen) atoms. The van der Waals surface area contributed by atoms with Gasteiger partial charge in [0.05, 0.1) is 0 Å². The van der Waals surface area contributed by atoms with E-state index >= 15 is 0 Å². The lowest BCUT2D eigenvalue weighted by atomic mass is 10.3. The van der Waals surface area contributed by atoms with Gasteiger partial charge >= 0.3 is 0 Å². The van der Waals surface area contributed by atoms with Crippen molar-refractivity contribution in [1.29, 1.82) is 0 Å². The standard InChI is InChI=1S/C10H12N/c1-2-6-10(7-3-1)11-8-4-5-9-11/h1-3,6H,4-5,8-9H2. The van der Waals surface area contributed by atoms with Crippen molar-refractivity contribution in [3.63, 3.8) is 0 Å². The van der Waals surface area contributed by atoms with Gasteiger partial charge in [-0.05, 0) is 18.9 Å². The maximum absolute atomic E-state index is 3.24. The molecule has 0 unspecified atom stereocenters. The first-order valence-corrected chi connectivity index (χ1v) is 4.18. The monoisotopic (exact) mass is 146 g/mol. The largest absolute Gasteiger partial charge is 0.371 e. The molecule has 0 atom stereocenters. The van der Waals surface area contributed by atoms with Crippen molar-refractivity contribution < 1.29 is 0 Å². The van der Waals surface area contributed by atoms with E-state index in [1.54, 1.807) is 0 Å². The number of hydrogen-bond acceptors (Lipinski definition) is 1. The summed E-state index contributed by atoms with van der Waals surface area (Å²) in [5.41, 5.74) is 1.25. The van der Waals surface area contributed by atoms with Gasteiger partial charge in [0.15, 0.2) is 0 Å². The highest BCUT2D eigenvalue weighted by Crippen LogP contribution is 2.17. The molecule has 1 aromatic rings. The minimum Gasteiger partial charge on any atom is -0.371 e. The van der Waals surface area contributed by atoms with E-state index in [0.717, 1.165) is 0 Å². The van der Waals surface area contributed by atoms with Gasteiger partial charge in [0, 0.05) is 24.8 Å². The van der Waals surface area contributed by atoms with Crippen LogP contribution in [0.5, 0.6) is 0 Å². The third kappa shape index (κ3) is 1.37. The van der Waals surface area contributed by atoms with Crippen LogP contribution in [0.1, 0.15) is 12.8 Å². The summed E-state index contributed by atoms with van der Waals surface area (Å²) in [5.74, 6) is 0. The third-order valence-electron chi connectivity index (χ3n) is 2.14. The van der Waals surface area contributed by atoms with E-state index in [-0.39, 0.29) is 0 Å². The second kappa shape index (κ2) is 2.95. The molecule has 0 saturated carbocycles. The fraction of sp³-hybridized carbons (Fsp3) is 0.400. The van der Waals surface area contributed by atoms with E-state index in [1.165, 1.54) is 31.6 Å². The van der Waals surface area contributed by atoms with Crippen LogP contribution in [0.25, 0.3) is 0 Å². The summed E-state index contributed by atoms with van der Waals surface area (Å²) in [7, 11) is 0. The van der Waals surface area contributed by atoms with Crippen molar-refractivity contribution in [3.8, 4) is 0 Å². The molecule has 57 valence electrons. The van der Waals surface area contributed by atoms with Gasteiger partial charge in [-0.2, -0.15) is 0 Å². The average molecular weight is 146 g/mol. The summed E-state index contributed by atoms with van der Waals surface area (Å²) in [6, 6.07) is 11.4. The van der Waals surface area contributed by atoms with Gasteiger partial charge in [0.2, 0.25) is 0 Å². The predicted octanol–water partition coefficient (Wildman–Crippen LogP) is 2.09. The molecule has 0 bridgehead atoms. The topological polar surface area (TPSA) is 3.24 Å². The van der Waals surface area contributed by atoms with Gasteiger partial charge in [-0.1, -0.05) is 18.2 Å². The summed E-state index contributed by atoms with van der Waals surface area (Å²) in [5, 5.41) is 0. The molecule has 0 aliphatic carbocycles. The highest BCUT2D eigenvalue weighted by molar-refractivity contribution is 5.45. The average Bonchev–Trinajstić information content (AvgIpc) is 2.58. The van der Waals surface area contributed by atoms with Crippen LogP contribution in [0.3, 0.4) is 0 Å². The van der Waals surface area contributed by atoms with Gasteiger partial charge in [-0.3, -0.25) is 0 Å². The molecule has 1 heterocycles. The molecule has 1 heteroatoms. The Hall–Kier alpha value is -0.980. The first-order chi connectivity index (χ1) is 5.47. The minimum atomic E-state index is 1.21. The van der Waals surface area contributed by atoms with E-state index in [4.69, 9.17) is 0 Å². The molecule has 1 aromatic carbocycles. The van der Waals surface area contributed by atoms with E-state index in [2.05, 4.69) is 23.1 Å². The summed E-state index contributed by atoms with van der Waals surface area (Å²) < 4.78 is 0. The van der Waals surface area contributed by atoms with Crippen molar-refractivity contribution >= 4 is 5.69 Å². The fourth-order valence-electron chi connectivity index (χ4n) is 1.54. The van der Waals surface area contributed by atoms with Crippen molar-refractivity contribution in [2.24, 2.45) is 0 Å². The van der Waals surface area contributed by atoms with Crippen LogP contribution >= 0.6 is 0 Å². The van der Waals surface area contributed by atoms with Crippen LogP contribution in [-0.4, -0.2) is 13.1 Å². The maximum atomic E-state index is 3.24. The smallest absolute Gasteiger partial charge is 0.0446 e. The normalized spacial score (nSPS) is 17.3. The molecule has 0 aromatic heterocycles. The zero-order valence-corrected chi connectivity index (χ0v) is 6.59. The number of hydrogen-bond donors (Lipinski definition) is 0. The van der Waals surface area contributed by atoms with Gasteiger partial charge in [0.25, 0.3) is 0 Å². The van der Waals surface area contributed by atoms with Crippen LogP contribution in [-0.2, 0) is 0 Å². The molecule has 1 nitrogen and oxygen atoms in total. The molecule has 2 rings (SSSR count). The Labute approximate surface area is 67.6 Å². The number of rotatable bonds is 1. The summed E-state index contributed by atoms with van der Waals surface area (Å²) >= 11 is 0. The Morgan fingerprint density at radius 3 is 2.64 bits per heavy atom. The van der Waals surface area contributed by atoms with Crippen LogP contribution in [0.15, 0.2) is 24.3 Å². The number of nitrogens with zero attached hydrogens (tertiary/aromatic N) is 1. The van der Waals surface area contributed by atoms with Crippen LogP contribution in [0.2, 0.25) is 0 Å². The highest BCUT2D eigenvalue weighted by Gasteiger charge is 2.10. The molecule has 1 radical (unpaired) electrons. The maximum Gasteiger partial charge on any atom is 0.0446 e. The summed E-state index contributed by atoms with van der Waals surface area (Å²) in [6.07, 6.45) is 2.67. The van der Waals surface area contributed by atoms with Gasteiger partial charge in [-0.15, -0.1) is 0 Å². The van der Waals surface area contributed by atoms with Crippen LogP contribution in [0.4, 0.5) is 5.69 Å². The van der Waals surface area contributed by atoms with E-state index < -0.39 is 0 Å². The lowest BCUT2D eigenvalue weighted by molar-refractivity contribution is 0.949. The molecular formula is C10H12N. The molecule has 0 amide bonds. The second-order valence-corrected chi connectivity index (χ2v) is 2.94. The highest BCUT2D eigenvalue weighted by atomic mass is 15.1. The van der Waals surface area contributed by atoms with Gasteiger partial charge < -0.3 is 4.90 Å². The lowest BCUT2D eigenvalue weighted by Gasteiger charge is -2.16. The zero-order valence-electron chi connectivity index (χ0n) is 6.59. The van der Waals surface area contributed by atoms with Crippen LogP contribution in [0, 0.1) is 6.07 Å². The molecule has 1 fully saturated rings. The predicted molar refractivity (Wildman–Crippen MR) is 46.7 cm³/mol. The molecular weight excluding hydrogens is 134 g/mol. The quantitative estimate of drug-likeness (QED) is 0.586. The number of para-hydroxylation sites is 1. The first-order valence-electron chi connectivity index (χ1n) is 4.18. The van der Waals surface area contributed by atoms with Crippen molar-refractivity contribution in [1.82, 2.24) is 0 Å². The van der Waals surface area contributed by atoms with Crippen molar-refractivity contribution in [2.75, 3.05) is 18.0 Å². The molecule has 0 spiro atoms. The molecule has 1 saturated heterocycles. The summed E-state index contributed by atoms with van der Waals surface area (Å²) in [4.78, 5) is 2.39. The fourth-order valence-corrected chi connectivity index (χ4v) is 1.54. The Balaban J connectivity index is 2.16. The molecule has 1 aliphatic heterocycles. The number of anilines is 1. The Kier molecular flexibility index (Phi) is 1.80. The zero-order chi connectivity index (χ0) is 7.52. The summed E-state index contributed by atoms with van der Waals surface area (Å²) in [6.45, 7) is 2.42. The lowest BCUT2D eigenvalue weighted by Crippen LogP contribution is -2.17. The number of benzene rings is 1. The minimum absolute atomic E-state index is 1.21.